The van der Waals surface area contributed by atoms with Crippen molar-refractivity contribution in [2.75, 3.05) is 12.0 Å². The molecule has 18 heavy (non-hydrogen) atoms. The predicted octanol–water partition coefficient (Wildman–Crippen LogP) is 0.325. The van der Waals surface area contributed by atoms with Crippen LogP contribution < -0.4 is 11.3 Å². The Bertz CT molecular complexity index is 526. The Morgan fingerprint density at radius 1 is 1.39 bits per heavy atom. The van der Waals surface area contributed by atoms with Crippen LogP contribution >= 0.6 is 0 Å². The molecular weight excluding hydrogens is 254 g/mol. The molecule has 0 atom stereocenters. The number of hydrazine groups is 1. The molecule has 0 aliphatic carbocycles. The van der Waals surface area contributed by atoms with E-state index in [-0.39, 0.29) is 16.4 Å². The average Bonchev–Trinajstić information content (AvgIpc) is 2.69. The van der Waals surface area contributed by atoms with Crippen molar-refractivity contribution in [2.24, 2.45) is 5.84 Å². The van der Waals surface area contributed by atoms with Gasteiger partial charge >= 0.3 is 0 Å². The van der Waals surface area contributed by atoms with Crippen molar-refractivity contribution >= 4 is 16.0 Å². The van der Waals surface area contributed by atoms with Gasteiger partial charge in [0, 0.05) is 12.1 Å². The molecule has 1 saturated heterocycles. The first-order chi connectivity index (χ1) is 8.38. The first-order valence-electron chi connectivity index (χ1n) is 5.69. The SMILES string of the molecule is CC1(C)CCCN1S(=O)(=O)c1cnc(NN)nc1. The van der Waals surface area contributed by atoms with Crippen LogP contribution in [0.5, 0.6) is 0 Å². The second-order valence-corrected chi connectivity index (χ2v) is 6.74. The number of nitrogens with two attached hydrogens (primary N) is 1. The van der Waals surface area contributed by atoms with Gasteiger partial charge in [-0.25, -0.2) is 24.2 Å². The maximum absolute atomic E-state index is 12.4. The summed E-state index contributed by atoms with van der Waals surface area (Å²) in [6, 6.07) is 0. The van der Waals surface area contributed by atoms with Crippen LogP contribution in [-0.4, -0.2) is 34.8 Å². The van der Waals surface area contributed by atoms with Gasteiger partial charge in [-0.2, -0.15) is 4.31 Å². The van der Waals surface area contributed by atoms with E-state index < -0.39 is 10.0 Å². The lowest BCUT2D eigenvalue weighted by molar-refractivity contribution is 0.291. The number of nitrogens with zero attached hydrogens (tertiary/aromatic N) is 3. The summed E-state index contributed by atoms with van der Waals surface area (Å²) in [5.74, 6) is 5.33. The summed E-state index contributed by atoms with van der Waals surface area (Å²) >= 11 is 0. The predicted molar refractivity (Wildman–Crippen MR) is 67.0 cm³/mol. The molecule has 1 aromatic rings. The van der Waals surface area contributed by atoms with E-state index in [4.69, 9.17) is 5.84 Å². The molecule has 100 valence electrons. The number of nitrogen functional groups attached to an aromatic ring is 1. The normalized spacial score (nSPS) is 19.9. The van der Waals surface area contributed by atoms with E-state index in [1.54, 1.807) is 0 Å². The first-order valence-corrected chi connectivity index (χ1v) is 7.13. The molecular formula is C10H17N5O2S. The van der Waals surface area contributed by atoms with Crippen molar-refractivity contribution in [1.82, 2.24) is 14.3 Å². The van der Waals surface area contributed by atoms with E-state index >= 15 is 0 Å². The first kappa shape index (κ1) is 13.2. The highest BCUT2D eigenvalue weighted by molar-refractivity contribution is 7.89. The van der Waals surface area contributed by atoms with Crippen molar-refractivity contribution in [3.8, 4) is 0 Å². The molecule has 0 saturated carbocycles. The zero-order chi connectivity index (χ0) is 13.4. The minimum Gasteiger partial charge on any atom is -0.292 e. The molecule has 0 aromatic carbocycles. The van der Waals surface area contributed by atoms with Gasteiger partial charge in [0.1, 0.15) is 4.90 Å². The third-order valence-electron chi connectivity index (χ3n) is 3.17. The molecule has 0 bridgehead atoms. The number of anilines is 1. The summed E-state index contributed by atoms with van der Waals surface area (Å²) in [5.41, 5.74) is 1.90. The van der Waals surface area contributed by atoms with Gasteiger partial charge in [-0.1, -0.05) is 0 Å². The Balaban J connectivity index is 2.36. The molecule has 1 aromatic heterocycles. The Kier molecular flexibility index (Phi) is 3.26. The van der Waals surface area contributed by atoms with Crippen LogP contribution in [0, 0.1) is 0 Å². The Morgan fingerprint density at radius 3 is 2.44 bits per heavy atom. The van der Waals surface area contributed by atoms with Crippen LogP contribution in [0.4, 0.5) is 5.95 Å². The molecule has 1 aliphatic rings. The van der Waals surface area contributed by atoms with Gasteiger partial charge in [0.25, 0.3) is 0 Å². The second-order valence-electron chi connectivity index (χ2n) is 4.88. The van der Waals surface area contributed by atoms with Crippen molar-refractivity contribution in [1.29, 1.82) is 0 Å². The summed E-state index contributed by atoms with van der Waals surface area (Å²) in [4.78, 5) is 7.75. The zero-order valence-electron chi connectivity index (χ0n) is 10.4. The number of hydrogen-bond donors (Lipinski definition) is 2. The molecule has 2 rings (SSSR count). The smallest absolute Gasteiger partial charge is 0.246 e. The maximum Gasteiger partial charge on any atom is 0.246 e. The van der Waals surface area contributed by atoms with Gasteiger partial charge in [-0.3, -0.25) is 5.43 Å². The van der Waals surface area contributed by atoms with Crippen molar-refractivity contribution in [2.45, 2.75) is 37.1 Å². The largest absolute Gasteiger partial charge is 0.292 e. The third-order valence-corrected chi connectivity index (χ3v) is 5.23. The van der Waals surface area contributed by atoms with Gasteiger partial charge in [-0.05, 0) is 26.7 Å². The van der Waals surface area contributed by atoms with E-state index in [0.717, 1.165) is 12.8 Å². The van der Waals surface area contributed by atoms with Gasteiger partial charge in [0.2, 0.25) is 16.0 Å². The third kappa shape index (κ3) is 2.18. The summed E-state index contributed by atoms with van der Waals surface area (Å²) in [6.07, 6.45) is 4.27. The number of nitrogens with one attached hydrogen (secondary N) is 1. The highest BCUT2D eigenvalue weighted by atomic mass is 32.2. The summed E-state index contributed by atoms with van der Waals surface area (Å²) in [5, 5.41) is 0. The average molecular weight is 271 g/mol. The van der Waals surface area contributed by atoms with E-state index in [1.165, 1.54) is 16.7 Å². The fraction of sp³-hybridized carbons (Fsp3) is 0.600. The topological polar surface area (TPSA) is 101 Å². The van der Waals surface area contributed by atoms with Crippen LogP contribution in [0.15, 0.2) is 17.3 Å². The molecule has 1 fully saturated rings. The molecule has 0 unspecified atom stereocenters. The lowest BCUT2D eigenvalue weighted by atomic mass is 10.0. The molecule has 0 amide bonds. The quantitative estimate of drug-likeness (QED) is 0.606. The van der Waals surface area contributed by atoms with E-state index in [9.17, 15) is 8.42 Å². The Labute approximate surface area is 106 Å². The lowest BCUT2D eigenvalue weighted by Gasteiger charge is -2.30. The summed E-state index contributed by atoms with van der Waals surface area (Å²) in [7, 11) is -3.53. The monoisotopic (exact) mass is 271 g/mol. The Hall–Kier alpha value is -1.25. The number of aromatic nitrogens is 2. The van der Waals surface area contributed by atoms with Crippen LogP contribution in [0.1, 0.15) is 26.7 Å². The highest BCUT2D eigenvalue weighted by Gasteiger charge is 2.41. The molecule has 1 aliphatic heterocycles. The van der Waals surface area contributed by atoms with Crippen LogP contribution in [0.2, 0.25) is 0 Å². The van der Waals surface area contributed by atoms with Gasteiger partial charge < -0.3 is 0 Å². The molecule has 0 radical (unpaired) electrons. The van der Waals surface area contributed by atoms with Crippen molar-refractivity contribution in [3.05, 3.63) is 12.4 Å². The standard InChI is InChI=1S/C10H17N5O2S/c1-10(2)4-3-5-15(10)18(16,17)8-6-12-9(14-11)13-7-8/h6-7H,3-5,11H2,1-2H3,(H,12,13,14). The fourth-order valence-electron chi connectivity index (χ4n) is 2.18. The van der Waals surface area contributed by atoms with E-state index in [1.807, 2.05) is 13.8 Å². The number of sulfonamides is 1. The van der Waals surface area contributed by atoms with Gasteiger partial charge in [0.15, 0.2) is 0 Å². The van der Waals surface area contributed by atoms with Crippen LogP contribution in [0.25, 0.3) is 0 Å². The van der Waals surface area contributed by atoms with E-state index in [2.05, 4.69) is 15.4 Å². The van der Waals surface area contributed by atoms with Crippen molar-refractivity contribution in [3.63, 3.8) is 0 Å². The number of rotatable bonds is 3. The fourth-order valence-corrected chi connectivity index (χ4v) is 3.92. The second kappa shape index (κ2) is 4.45. The van der Waals surface area contributed by atoms with Crippen molar-refractivity contribution < 1.29 is 8.42 Å². The lowest BCUT2D eigenvalue weighted by Crippen LogP contribution is -2.42. The summed E-state index contributed by atoms with van der Waals surface area (Å²) in [6.45, 7) is 4.38. The van der Waals surface area contributed by atoms with Gasteiger partial charge in [-0.15, -0.1) is 0 Å². The molecule has 3 N–H and O–H groups in total. The van der Waals surface area contributed by atoms with Crippen LogP contribution in [-0.2, 0) is 10.0 Å². The zero-order valence-corrected chi connectivity index (χ0v) is 11.2. The molecule has 8 heteroatoms. The molecule has 0 spiro atoms. The summed E-state index contributed by atoms with van der Waals surface area (Å²) < 4.78 is 26.4. The molecule has 7 nitrogen and oxygen atoms in total. The molecule has 2 heterocycles. The van der Waals surface area contributed by atoms with Crippen LogP contribution in [0.3, 0.4) is 0 Å². The Morgan fingerprint density at radius 2 is 2.00 bits per heavy atom. The minimum atomic E-state index is -3.53. The van der Waals surface area contributed by atoms with E-state index in [0.29, 0.717) is 6.54 Å². The maximum atomic E-state index is 12.4. The number of hydrogen-bond acceptors (Lipinski definition) is 6. The minimum absolute atomic E-state index is 0.0940. The van der Waals surface area contributed by atoms with Gasteiger partial charge in [0.05, 0.1) is 12.4 Å². The highest BCUT2D eigenvalue weighted by Crippen LogP contribution is 2.33.